The summed E-state index contributed by atoms with van der Waals surface area (Å²) in [4.78, 5) is 13.1. The molecule has 1 N–H and O–H groups in total. The molecule has 4 aromatic rings. The van der Waals surface area contributed by atoms with Gasteiger partial charge in [0.15, 0.2) is 0 Å². The molecule has 1 heterocycles. The van der Waals surface area contributed by atoms with Crippen molar-refractivity contribution in [2.45, 2.75) is 5.92 Å². The van der Waals surface area contributed by atoms with Crippen LogP contribution in [0.2, 0.25) is 0 Å². The zero-order valence-electron chi connectivity index (χ0n) is 14.4. The molecule has 4 rings (SSSR count). The SMILES string of the molecule is O=C(Nc1nnc(-c2ccccc2)s1)C(c1ccccc1)c1ccccc1. The predicted molar refractivity (Wildman–Crippen MR) is 109 cm³/mol. The number of anilines is 1. The van der Waals surface area contributed by atoms with E-state index in [1.165, 1.54) is 11.3 Å². The summed E-state index contributed by atoms with van der Waals surface area (Å²) in [6, 6.07) is 29.3. The van der Waals surface area contributed by atoms with Crippen LogP contribution in [0, 0.1) is 0 Å². The first-order valence-electron chi connectivity index (χ1n) is 8.61. The number of rotatable bonds is 5. The highest BCUT2D eigenvalue weighted by atomic mass is 32.1. The summed E-state index contributed by atoms with van der Waals surface area (Å²) in [5.41, 5.74) is 2.86. The molecule has 0 fully saturated rings. The van der Waals surface area contributed by atoms with Crippen LogP contribution in [-0.4, -0.2) is 16.1 Å². The van der Waals surface area contributed by atoms with Gasteiger partial charge in [0.2, 0.25) is 11.0 Å². The molecule has 0 unspecified atom stereocenters. The number of hydrogen-bond donors (Lipinski definition) is 1. The average molecular weight is 371 g/mol. The summed E-state index contributed by atoms with van der Waals surface area (Å²) in [5, 5.41) is 12.5. The average Bonchev–Trinajstić information content (AvgIpc) is 3.19. The van der Waals surface area contributed by atoms with E-state index in [-0.39, 0.29) is 5.91 Å². The first-order chi connectivity index (χ1) is 13.3. The fourth-order valence-electron chi connectivity index (χ4n) is 2.93. The Morgan fingerprint density at radius 2 is 1.26 bits per heavy atom. The molecule has 27 heavy (non-hydrogen) atoms. The number of benzene rings is 3. The van der Waals surface area contributed by atoms with E-state index in [0.717, 1.165) is 21.7 Å². The van der Waals surface area contributed by atoms with Crippen LogP contribution in [0.4, 0.5) is 5.13 Å². The lowest BCUT2D eigenvalue weighted by atomic mass is 9.90. The maximum atomic E-state index is 13.1. The van der Waals surface area contributed by atoms with Crippen molar-refractivity contribution >= 4 is 22.4 Å². The predicted octanol–water partition coefficient (Wildman–Crippen LogP) is 4.98. The van der Waals surface area contributed by atoms with Crippen LogP contribution in [-0.2, 0) is 4.79 Å². The zero-order chi connectivity index (χ0) is 18.5. The first-order valence-corrected chi connectivity index (χ1v) is 9.42. The lowest BCUT2D eigenvalue weighted by Crippen LogP contribution is -2.22. The third kappa shape index (κ3) is 3.93. The minimum atomic E-state index is -0.406. The van der Waals surface area contributed by atoms with Crippen molar-refractivity contribution in [1.82, 2.24) is 10.2 Å². The van der Waals surface area contributed by atoms with Crippen LogP contribution in [0.15, 0.2) is 91.0 Å². The van der Waals surface area contributed by atoms with Gasteiger partial charge in [-0.25, -0.2) is 0 Å². The van der Waals surface area contributed by atoms with Crippen molar-refractivity contribution in [1.29, 1.82) is 0 Å². The number of nitrogens with zero attached hydrogens (tertiary/aromatic N) is 2. The van der Waals surface area contributed by atoms with Gasteiger partial charge >= 0.3 is 0 Å². The van der Waals surface area contributed by atoms with Crippen molar-refractivity contribution in [3.05, 3.63) is 102 Å². The van der Waals surface area contributed by atoms with Crippen molar-refractivity contribution in [2.24, 2.45) is 0 Å². The number of hydrogen-bond acceptors (Lipinski definition) is 4. The minimum Gasteiger partial charge on any atom is -0.300 e. The molecule has 0 spiro atoms. The molecule has 3 aromatic carbocycles. The third-order valence-electron chi connectivity index (χ3n) is 4.20. The lowest BCUT2D eigenvalue weighted by Gasteiger charge is -2.16. The second-order valence-electron chi connectivity index (χ2n) is 6.02. The van der Waals surface area contributed by atoms with Gasteiger partial charge in [0.05, 0.1) is 5.92 Å². The first kappa shape index (κ1) is 17.1. The van der Waals surface area contributed by atoms with Crippen molar-refractivity contribution in [3.63, 3.8) is 0 Å². The fourth-order valence-corrected chi connectivity index (χ4v) is 3.69. The zero-order valence-corrected chi connectivity index (χ0v) is 15.3. The van der Waals surface area contributed by atoms with Crippen LogP contribution in [0.5, 0.6) is 0 Å². The monoisotopic (exact) mass is 371 g/mol. The molecule has 0 radical (unpaired) electrons. The summed E-state index contributed by atoms with van der Waals surface area (Å²) in [5.74, 6) is -0.528. The Kier molecular flexibility index (Phi) is 5.03. The van der Waals surface area contributed by atoms with E-state index in [1.807, 2.05) is 91.0 Å². The second-order valence-corrected chi connectivity index (χ2v) is 7.00. The molecular weight excluding hydrogens is 354 g/mol. The molecule has 0 aliphatic heterocycles. The Hall–Kier alpha value is -3.31. The number of carbonyl (C=O) groups excluding carboxylic acids is 1. The molecule has 0 aliphatic rings. The second kappa shape index (κ2) is 7.93. The Labute approximate surface area is 161 Å². The minimum absolute atomic E-state index is 0.122. The van der Waals surface area contributed by atoms with Crippen LogP contribution in [0.3, 0.4) is 0 Å². The van der Waals surface area contributed by atoms with E-state index >= 15 is 0 Å². The van der Waals surface area contributed by atoms with Crippen LogP contribution in [0.25, 0.3) is 10.6 Å². The number of aromatic nitrogens is 2. The largest absolute Gasteiger partial charge is 0.300 e. The highest BCUT2D eigenvalue weighted by Gasteiger charge is 2.23. The highest BCUT2D eigenvalue weighted by Crippen LogP contribution is 2.29. The number of carbonyl (C=O) groups is 1. The summed E-state index contributed by atoms with van der Waals surface area (Å²) in [7, 11) is 0. The van der Waals surface area contributed by atoms with Gasteiger partial charge in [-0.2, -0.15) is 0 Å². The van der Waals surface area contributed by atoms with Crippen molar-refractivity contribution in [2.75, 3.05) is 5.32 Å². The van der Waals surface area contributed by atoms with E-state index < -0.39 is 5.92 Å². The van der Waals surface area contributed by atoms with E-state index in [2.05, 4.69) is 15.5 Å². The molecule has 0 saturated carbocycles. The Morgan fingerprint density at radius 3 is 1.81 bits per heavy atom. The lowest BCUT2D eigenvalue weighted by molar-refractivity contribution is -0.116. The standard InChI is InChI=1S/C22H17N3OS/c26-20(23-22-25-24-21(27-22)18-14-8-3-9-15-18)19(16-10-4-1-5-11-16)17-12-6-2-7-13-17/h1-15,19H,(H,23,25,26). The van der Waals surface area contributed by atoms with Crippen LogP contribution < -0.4 is 5.32 Å². The summed E-state index contributed by atoms with van der Waals surface area (Å²) in [6.07, 6.45) is 0. The molecule has 4 nitrogen and oxygen atoms in total. The molecule has 0 atom stereocenters. The van der Waals surface area contributed by atoms with E-state index in [4.69, 9.17) is 0 Å². The quantitative estimate of drug-likeness (QED) is 0.538. The van der Waals surface area contributed by atoms with Crippen LogP contribution in [0.1, 0.15) is 17.0 Å². The van der Waals surface area contributed by atoms with Crippen LogP contribution >= 0.6 is 11.3 Å². The maximum absolute atomic E-state index is 13.1. The van der Waals surface area contributed by atoms with Gasteiger partial charge in [-0.1, -0.05) is 102 Å². The molecular formula is C22H17N3OS. The van der Waals surface area contributed by atoms with Gasteiger partial charge in [0, 0.05) is 5.56 Å². The van der Waals surface area contributed by atoms with Gasteiger partial charge in [-0.15, -0.1) is 10.2 Å². The molecule has 1 amide bonds. The normalized spacial score (nSPS) is 10.7. The Balaban J connectivity index is 1.61. The molecule has 5 heteroatoms. The fraction of sp³-hybridized carbons (Fsp3) is 0.0455. The van der Waals surface area contributed by atoms with Crippen molar-refractivity contribution in [3.8, 4) is 10.6 Å². The van der Waals surface area contributed by atoms with E-state index in [9.17, 15) is 4.79 Å². The summed E-state index contributed by atoms with van der Waals surface area (Å²) < 4.78 is 0. The molecule has 0 saturated heterocycles. The molecule has 0 bridgehead atoms. The summed E-state index contributed by atoms with van der Waals surface area (Å²) >= 11 is 1.37. The molecule has 132 valence electrons. The molecule has 1 aromatic heterocycles. The number of amides is 1. The van der Waals surface area contributed by atoms with E-state index in [1.54, 1.807) is 0 Å². The van der Waals surface area contributed by atoms with Gasteiger partial charge in [-0.05, 0) is 11.1 Å². The Bertz CT molecular complexity index is 978. The van der Waals surface area contributed by atoms with Crippen molar-refractivity contribution < 1.29 is 4.79 Å². The van der Waals surface area contributed by atoms with Gasteiger partial charge in [0.25, 0.3) is 0 Å². The van der Waals surface area contributed by atoms with Gasteiger partial charge in [0.1, 0.15) is 5.01 Å². The third-order valence-corrected chi connectivity index (χ3v) is 5.09. The topological polar surface area (TPSA) is 54.9 Å². The maximum Gasteiger partial charge on any atom is 0.238 e. The summed E-state index contributed by atoms with van der Waals surface area (Å²) in [6.45, 7) is 0. The highest BCUT2D eigenvalue weighted by molar-refractivity contribution is 7.18. The van der Waals surface area contributed by atoms with Gasteiger partial charge in [-0.3, -0.25) is 10.1 Å². The Morgan fingerprint density at radius 1 is 0.741 bits per heavy atom. The molecule has 0 aliphatic carbocycles. The smallest absolute Gasteiger partial charge is 0.238 e. The number of nitrogens with one attached hydrogen (secondary N) is 1. The van der Waals surface area contributed by atoms with Gasteiger partial charge < -0.3 is 0 Å². The van der Waals surface area contributed by atoms with E-state index in [0.29, 0.717) is 5.13 Å².